The van der Waals surface area contributed by atoms with Crippen LogP contribution in [0.2, 0.25) is 0 Å². The van der Waals surface area contributed by atoms with Gasteiger partial charge in [-0.3, -0.25) is 4.68 Å². The van der Waals surface area contributed by atoms with E-state index in [4.69, 9.17) is 0 Å². The summed E-state index contributed by atoms with van der Waals surface area (Å²) in [5, 5.41) is 17.7. The van der Waals surface area contributed by atoms with Crippen molar-refractivity contribution in [2.75, 3.05) is 6.54 Å². The molecule has 0 amide bonds. The highest BCUT2D eigenvalue weighted by atomic mass is 16.3. The van der Waals surface area contributed by atoms with Gasteiger partial charge in [-0.2, -0.15) is 5.10 Å². The topological polar surface area (TPSA) is 50.1 Å². The zero-order valence-electron chi connectivity index (χ0n) is 11.6. The van der Waals surface area contributed by atoms with Gasteiger partial charge in [-0.05, 0) is 24.8 Å². The molecule has 1 heterocycles. The number of nitrogens with zero attached hydrogens (tertiary/aromatic N) is 2. The molecule has 0 spiro atoms. The van der Waals surface area contributed by atoms with Gasteiger partial charge in [0.2, 0.25) is 0 Å². The van der Waals surface area contributed by atoms with Crippen molar-refractivity contribution in [3.63, 3.8) is 0 Å². The lowest BCUT2D eigenvalue weighted by Crippen LogP contribution is -2.45. The fourth-order valence-corrected chi connectivity index (χ4v) is 2.56. The monoisotopic (exact) mass is 271 g/mol. The van der Waals surface area contributed by atoms with E-state index in [-0.39, 0.29) is 0 Å². The Morgan fingerprint density at radius 2 is 2.00 bits per heavy atom. The number of nitrogens with one attached hydrogen (secondary N) is 1. The Labute approximate surface area is 119 Å². The second-order valence-corrected chi connectivity index (χ2v) is 5.71. The minimum atomic E-state index is -0.458. The predicted octanol–water partition coefficient (Wildman–Crippen LogP) is 1.94. The van der Waals surface area contributed by atoms with Crippen LogP contribution >= 0.6 is 0 Å². The summed E-state index contributed by atoms with van der Waals surface area (Å²) in [7, 11) is 0. The average Bonchev–Trinajstić information content (AvgIpc) is 2.85. The molecule has 4 heteroatoms. The number of aromatic nitrogens is 2. The largest absolute Gasteiger partial charge is 0.389 e. The van der Waals surface area contributed by atoms with Gasteiger partial charge in [-0.25, -0.2) is 0 Å². The highest BCUT2D eigenvalue weighted by Gasteiger charge is 2.33. The lowest BCUT2D eigenvalue weighted by atomic mass is 9.80. The van der Waals surface area contributed by atoms with Crippen LogP contribution in [-0.4, -0.2) is 27.0 Å². The third-order valence-electron chi connectivity index (χ3n) is 3.94. The molecule has 0 radical (unpaired) electrons. The molecular weight excluding hydrogens is 250 g/mol. The fourth-order valence-electron chi connectivity index (χ4n) is 2.56. The van der Waals surface area contributed by atoms with Crippen LogP contribution < -0.4 is 5.32 Å². The van der Waals surface area contributed by atoms with Crippen molar-refractivity contribution >= 4 is 0 Å². The predicted molar refractivity (Wildman–Crippen MR) is 78.3 cm³/mol. The number of aliphatic hydroxyl groups is 1. The molecule has 0 bridgehead atoms. The molecule has 1 aliphatic rings. The van der Waals surface area contributed by atoms with E-state index in [1.165, 1.54) is 5.56 Å². The van der Waals surface area contributed by atoms with Crippen molar-refractivity contribution in [1.82, 2.24) is 15.1 Å². The summed E-state index contributed by atoms with van der Waals surface area (Å²) in [5.74, 6) is 0. The standard InChI is InChI=1S/C16H21N3O/c20-16(7-4-8-16)13-17-9-15-10-18-19(12-15)11-14-5-2-1-3-6-14/h1-3,5-6,10,12,17,20H,4,7-9,11,13H2. The van der Waals surface area contributed by atoms with Crippen LogP contribution in [-0.2, 0) is 13.1 Å². The Balaban J connectivity index is 1.49. The Morgan fingerprint density at radius 1 is 1.20 bits per heavy atom. The molecule has 1 aromatic heterocycles. The van der Waals surface area contributed by atoms with Gasteiger partial charge in [0.15, 0.2) is 0 Å². The first-order valence-corrected chi connectivity index (χ1v) is 7.22. The lowest BCUT2D eigenvalue weighted by molar-refractivity contribution is -0.0314. The quantitative estimate of drug-likeness (QED) is 0.844. The Morgan fingerprint density at radius 3 is 2.70 bits per heavy atom. The maximum atomic E-state index is 10.0. The summed E-state index contributed by atoms with van der Waals surface area (Å²) in [4.78, 5) is 0. The zero-order valence-corrected chi connectivity index (χ0v) is 11.6. The Bertz CT molecular complexity index is 546. The minimum Gasteiger partial charge on any atom is -0.389 e. The smallest absolute Gasteiger partial charge is 0.0771 e. The molecule has 106 valence electrons. The van der Waals surface area contributed by atoms with Crippen molar-refractivity contribution in [1.29, 1.82) is 0 Å². The van der Waals surface area contributed by atoms with Crippen LogP contribution in [0, 0.1) is 0 Å². The molecule has 1 fully saturated rings. The van der Waals surface area contributed by atoms with Gasteiger partial charge < -0.3 is 10.4 Å². The highest BCUT2D eigenvalue weighted by molar-refractivity contribution is 5.15. The highest BCUT2D eigenvalue weighted by Crippen LogP contribution is 2.30. The van der Waals surface area contributed by atoms with Crippen LogP contribution in [0.3, 0.4) is 0 Å². The van der Waals surface area contributed by atoms with Crippen molar-refractivity contribution in [3.8, 4) is 0 Å². The van der Waals surface area contributed by atoms with E-state index in [0.717, 1.165) is 37.9 Å². The molecule has 3 rings (SSSR count). The van der Waals surface area contributed by atoms with Gasteiger partial charge in [-0.15, -0.1) is 0 Å². The van der Waals surface area contributed by atoms with E-state index in [1.54, 1.807) is 0 Å². The maximum Gasteiger partial charge on any atom is 0.0771 e. The third kappa shape index (κ3) is 3.26. The van der Waals surface area contributed by atoms with E-state index < -0.39 is 5.60 Å². The van der Waals surface area contributed by atoms with E-state index >= 15 is 0 Å². The van der Waals surface area contributed by atoms with Crippen LogP contribution in [0.5, 0.6) is 0 Å². The van der Waals surface area contributed by atoms with Gasteiger partial charge in [0.25, 0.3) is 0 Å². The summed E-state index contributed by atoms with van der Waals surface area (Å²) in [6.45, 7) is 2.23. The molecule has 0 unspecified atom stereocenters. The van der Waals surface area contributed by atoms with E-state index in [1.807, 2.05) is 29.1 Å². The first-order valence-electron chi connectivity index (χ1n) is 7.22. The molecule has 1 aliphatic carbocycles. The molecular formula is C16H21N3O. The maximum absolute atomic E-state index is 10.0. The van der Waals surface area contributed by atoms with Gasteiger partial charge in [0.05, 0.1) is 18.3 Å². The second-order valence-electron chi connectivity index (χ2n) is 5.71. The zero-order chi connectivity index (χ0) is 13.8. The summed E-state index contributed by atoms with van der Waals surface area (Å²) < 4.78 is 1.95. The molecule has 1 saturated carbocycles. The molecule has 4 nitrogen and oxygen atoms in total. The van der Waals surface area contributed by atoms with Crippen LogP contribution in [0.15, 0.2) is 42.7 Å². The fraction of sp³-hybridized carbons (Fsp3) is 0.438. The lowest BCUT2D eigenvalue weighted by Gasteiger charge is -2.36. The number of benzene rings is 1. The molecule has 0 atom stereocenters. The van der Waals surface area contributed by atoms with Gasteiger partial charge in [0, 0.05) is 24.8 Å². The van der Waals surface area contributed by atoms with E-state index in [9.17, 15) is 5.11 Å². The van der Waals surface area contributed by atoms with Crippen molar-refractivity contribution in [2.24, 2.45) is 0 Å². The minimum absolute atomic E-state index is 0.458. The number of rotatable bonds is 6. The Kier molecular flexibility index (Phi) is 3.85. The van der Waals surface area contributed by atoms with Crippen LogP contribution in [0.1, 0.15) is 30.4 Å². The van der Waals surface area contributed by atoms with Crippen LogP contribution in [0.4, 0.5) is 0 Å². The Hall–Kier alpha value is -1.65. The van der Waals surface area contributed by atoms with Crippen molar-refractivity contribution in [2.45, 2.75) is 38.0 Å². The van der Waals surface area contributed by atoms with Crippen LogP contribution in [0.25, 0.3) is 0 Å². The molecule has 0 aliphatic heterocycles. The van der Waals surface area contributed by atoms with E-state index in [2.05, 4.69) is 28.7 Å². The first kappa shape index (κ1) is 13.3. The summed E-state index contributed by atoms with van der Waals surface area (Å²) >= 11 is 0. The van der Waals surface area contributed by atoms with Gasteiger partial charge >= 0.3 is 0 Å². The molecule has 2 N–H and O–H groups in total. The normalized spacial score (nSPS) is 16.9. The van der Waals surface area contributed by atoms with Gasteiger partial charge in [0.1, 0.15) is 0 Å². The summed E-state index contributed by atoms with van der Waals surface area (Å²) in [6.07, 6.45) is 6.94. The van der Waals surface area contributed by atoms with Crippen molar-refractivity contribution in [3.05, 3.63) is 53.9 Å². The van der Waals surface area contributed by atoms with Gasteiger partial charge in [-0.1, -0.05) is 30.3 Å². The number of hydrogen-bond donors (Lipinski definition) is 2. The molecule has 0 saturated heterocycles. The number of hydrogen-bond acceptors (Lipinski definition) is 3. The molecule has 2 aromatic rings. The summed E-state index contributed by atoms with van der Waals surface area (Å²) in [5.41, 5.74) is 1.95. The third-order valence-corrected chi connectivity index (χ3v) is 3.94. The van der Waals surface area contributed by atoms with E-state index in [0.29, 0.717) is 6.54 Å². The SMILES string of the molecule is OC1(CNCc2cnn(Cc3ccccc3)c2)CCC1. The molecule has 1 aromatic carbocycles. The van der Waals surface area contributed by atoms with Crippen molar-refractivity contribution < 1.29 is 5.11 Å². The summed E-state index contributed by atoms with van der Waals surface area (Å²) in [6, 6.07) is 10.3. The molecule has 20 heavy (non-hydrogen) atoms. The first-order chi connectivity index (χ1) is 9.73. The second kappa shape index (κ2) is 5.77. The average molecular weight is 271 g/mol.